The third-order valence-electron chi connectivity index (χ3n) is 2.23. The first-order valence-corrected chi connectivity index (χ1v) is 8.18. The Morgan fingerprint density at radius 2 is 1.94 bits per heavy atom. The van der Waals surface area contributed by atoms with Crippen LogP contribution < -0.4 is 0 Å². The summed E-state index contributed by atoms with van der Waals surface area (Å²) >= 11 is 4.84. The summed E-state index contributed by atoms with van der Waals surface area (Å²) < 4.78 is 22.3. The monoisotopic (exact) mass is 418 g/mol. The van der Waals surface area contributed by atoms with E-state index in [2.05, 4.69) is 15.9 Å². The van der Waals surface area contributed by atoms with Crippen LogP contribution in [0.3, 0.4) is 0 Å². The molecule has 0 aliphatic rings. The van der Waals surface area contributed by atoms with Gasteiger partial charge >= 0.3 is 0 Å². The lowest BCUT2D eigenvalue weighted by atomic mass is 10.1. The van der Waals surface area contributed by atoms with Crippen LogP contribution in [0.25, 0.3) is 0 Å². The smallest absolute Gasteiger partial charge is 0.207 e. The van der Waals surface area contributed by atoms with Crippen LogP contribution in [0.4, 0.5) is 0 Å². The maximum absolute atomic E-state index is 11.8. The first-order valence-electron chi connectivity index (χ1n) is 4.66. The molecule has 0 unspecified atom stereocenters. The lowest BCUT2D eigenvalue weighted by Crippen LogP contribution is -2.33. The van der Waals surface area contributed by atoms with Gasteiger partial charge in [-0.2, -0.15) is 0 Å². The van der Waals surface area contributed by atoms with Crippen LogP contribution in [0, 0.1) is 0 Å². The van der Waals surface area contributed by atoms with E-state index in [1.807, 2.05) is 6.07 Å². The quantitative estimate of drug-likeness (QED) is 0.604. The lowest BCUT2D eigenvalue weighted by molar-refractivity contribution is 0.191. The molecule has 1 aromatic carbocycles. The molecule has 1 N–H and O–H groups in total. The van der Waals surface area contributed by atoms with Crippen LogP contribution in [0.15, 0.2) is 30.3 Å². The number of rotatable bonds is 4. The molecule has 6 heteroatoms. The molecule has 90 valence electrons. The highest BCUT2D eigenvalue weighted by Crippen LogP contribution is 2.44. The summed E-state index contributed by atoms with van der Waals surface area (Å²) in [5.74, 6) is -0.0227. The fourth-order valence-electron chi connectivity index (χ4n) is 1.19. The molecule has 0 saturated heterocycles. The number of sulfone groups is 1. The third-order valence-corrected chi connectivity index (χ3v) is 8.56. The molecular formula is C10H12BrIO3S. The van der Waals surface area contributed by atoms with Crippen LogP contribution in [0.2, 0.25) is 0 Å². The van der Waals surface area contributed by atoms with E-state index in [-0.39, 0.29) is 5.75 Å². The first kappa shape index (κ1) is 14.4. The van der Waals surface area contributed by atoms with Gasteiger partial charge in [-0.15, -0.1) is 0 Å². The Morgan fingerprint density at radius 3 is 2.38 bits per heavy atom. The van der Waals surface area contributed by atoms with E-state index in [9.17, 15) is 13.5 Å². The van der Waals surface area contributed by atoms with Crippen LogP contribution in [-0.4, -0.2) is 20.9 Å². The molecule has 0 saturated carbocycles. The van der Waals surface area contributed by atoms with E-state index in [1.165, 1.54) is 0 Å². The second-order valence-corrected chi connectivity index (χ2v) is 11.4. The second-order valence-electron chi connectivity index (χ2n) is 3.28. The highest BCUT2D eigenvalue weighted by atomic mass is 127. The summed E-state index contributed by atoms with van der Waals surface area (Å²) in [6, 6.07) is 8.73. The van der Waals surface area contributed by atoms with E-state index in [0.717, 1.165) is 0 Å². The summed E-state index contributed by atoms with van der Waals surface area (Å²) in [4.78, 5) is 0. The van der Waals surface area contributed by atoms with Gasteiger partial charge in [-0.1, -0.05) is 53.2 Å². The number of halogens is 2. The van der Waals surface area contributed by atoms with Crippen molar-refractivity contribution in [2.24, 2.45) is 0 Å². The van der Waals surface area contributed by atoms with Gasteiger partial charge in [0.2, 0.25) is 1.66 Å². The molecule has 2 atom stereocenters. The van der Waals surface area contributed by atoms with Gasteiger partial charge in [0.1, 0.15) is 6.10 Å². The zero-order valence-corrected chi connectivity index (χ0v) is 13.2. The third kappa shape index (κ3) is 2.77. The Balaban J connectivity index is 3.11. The number of hydrogen-bond acceptors (Lipinski definition) is 3. The number of aliphatic hydroxyl groups excluding tert-OH is 1. The number of alkyl halides is 2. The number of hydrogen-bond donors (Lipinski definition) is 1. The fraction of sp³-hybridized carbons (Fsp3) is 0.400. The maximum Gasteiger partial charge on any atom is 0.207 e. The fourth-order valence-corrected chi connectivity index (χ4v) is 4.30. The Hall–Kier alpha value is 0.340. The largest absolute Gasteiger partial charge is 0.385 e. The van der Waals surface area contributed by atoms with Crippen molar-refractivity contribution in [3.63, 3.8) is 0 Å². The van der Waals surface area contributed by atoms with E-state index in [0.29, 0.717) is 5.56 Å². The summed E-state index contributed by atoms with van der Waals surface area (Å²) in [6.45, 7) is 1.56. The molecule has 0 bridgehead atoms. The summed E-state index contributed by atoms with van der Waals surface area (Å²) in [5.41, 5.74) is 0.575. The zero-order valence-electron chi connectivity index (χ0n) is 8.60. The maximum atomic E-state index is 11.8. The molecule has 3 nitrogen and oxygen atoms in total. The average Bonchev–Trinajstić information content (AvgIpc) is 2.29. The molecule has 0 spiro atoms. The van der Waals surface area contributed by atoms with E-state index < -0.39 is 17.6 Å². The van der Waals surface area contributed by atoms with E-state index in [1.54, 1.807) is 53.8 Å². The van der Waals surface area contributed by atoms with Crippen molar-refractivity contribution in [2.75, 3.05) is 5.75 Å². The second kappa shape index (κ2) is 5.32. The summed E-state index contributed by atoms with van der Waals surface area (Å²) in [6.07, 6.45) is -1.10. The normalized spacial score (nSPS) is 17.8. The molecule has 16 heavy (non-hydrogen) atoms. The average molecular weight is 419 g/mol. The SMILES string of the molecule is CCS(=O)(=O)[C@](Br)(I)[C@H](O)c1ccccc1. The van der Waals surface area contributed by atoms with Gasteiger partial charge in [-0.25, -0.2) is 8.42 Å². The van der Waals surface area contributed by atoms with Gasteiger partial charge in [-0.05, 0) is 28.2 Å². The Bertz CT molecular complexity index is 444. The zero-order chi connectivity index (χ0) is 12.4. The first-order chi connectivity index (χ1) is 7.33. The van der Waals surface area contributed by atoms with Crippen LogP contribution in [0.1, 0.15) is 18.6 Å². The lowest BCUT2D eigenvalue weighted by Gasteiger charge is -2.26. The molecule has 1 aromatic rings. The Labute approximate surface area is 117 Å². The molecule has 0 radical (unpaired) electrons. The van der Waals surface area contributed by atoms with Crippen molar-refractivity contribution < 1.29 is 13.5 Å². The molecule has 0 aliphatic carbocycles. The molecule has 0 heterocycles. The van der Waals surface area contributed by atoms with Crippen molar-refractivity contribution in [3.05, 3.63) is 35.9 Å². The molecule has 0 aliphatic heterocycles. The Morgan fingerprint density at radius 1 is 1.44 bits per heavy atom. The van der Waals surface area contributed by atoms with E-state index in [4.69, 9.17) is 0 Å². The van der Waals surface area contributed by atoms with Gasteiger partial charge in [-0.3, -0.25) is 0 Å². The minimum atomic E-state index is -3.39. The van der Waals surface area contributed by atoms with Gasteiger partial charge in [0.25, 0.3) is 0 Å². The van der Waals surface area contributed by atoms with Crippen LogP contribution in [-0.2, 0) is 9.84 Å². The topological polar surface area (TPSA) is 54.4 Å². The molecule has 0 aromatic heterocycles. The van der Waals surface area contributed by atoms with Crippen LogP contribution in [0.5, 0.6) is 0 Å². The minimum Gasteiger partial charge on any atom is -0.385 e. The number of aliphatic hydroxyl groups is 1. The molecular weight excluding hydrogens is 407 g/mol. The van der Waals surface area contributed by atoms with Gasteiger partial charge in [0.05, 0.1) is 0 Å². The molecule has 0 fully saturated rings. The minimum absolute atomic E-state index is 0.0227. The van der Waals surface area contributed by atoms with Gasteiger partial charge < -0.3 is 5.11 Å². The van der Waals surface area contributed by atoms with Gasteiger partial charge in [0, 0.05) is 5.75 Å². The molecule has 1 rings (SSSR count). The van der Waals surface area contributed by atoms with Crippen molar-refractivity contribution in [1.82, 2.24) is 0 Å². The highest BCUT2D eigenvalue weighted by molar-refractivity contribution is 14.1. The summed E-state index contributed by atoms with van der Waals surface area (Å²) in [5, 5.41) is 10.1. The predicted molar refractivity (Wildman–Crippen MR) is 76.5 cm³/mol. The van der Waals surface area contributed by atoms with Crippen molar-refractivity contribution in [2.45, 2.75) is 14.7 Å². The van der Waals surface area contributed by atoms with E-state index >= 15 is 0 Å². The highest BCUT2D eigenvalue weighted by Gasteiger charge is 2.44. The van der Waals surface area contributed by atoms with Crippen molar-refractivity contribution in [1.29, 1.82) is 0 Å². The van der Waals surface area contributed by atoms with Crippen LogP contribution >= 0.6 is 38.5 Å². The van der Waals surface area contributed by atoms with Crippen molar-refractivity contribution >= 4 is 48.4 Å². The molecule has 0 amide bonds. The Kier molecular flexibility index (Phi) is 4.79. The summed E-state index contributed by atoms with van der Waals surface area (Å²) in [7, 11) is -3.39. The van der Waals surface area contributed by atoms with Gasteiger partial charge in [0.15, 0.2) is 9.84 Å². The van der Waals surface area contributed by atoms with Crippen molar-refractivity contribution in [3.8, 4) is 0 Å². The standard InChI is InChI=1S/C10H12BrIO3S/c1-2-16(14,15)10(11,12)9(13)8-6-4-3-5-7-8/h3-7,9,13H,2H2,1H3/t9-,10-/m1/s1. The number of benzene rings is 1. The predicted octanol–water partition coefficient (Wildman–Crippen LogP) is 2.64.